The Kier molecular flexibility index (Phi) is 6.14. The van der Waals surface area contributed by atoms with E-state index in [4.69, 9.17) is 9.47 Å². The van der Waals surface area contributed by atoms with Gasteiger partial charge in [-0.15, -0.1) is 0 Å². The molecule has 36 heavy (non-hydrogen) atoms. The number of esters is 1. The summed E-state index contributed by atoms with van der Waals surface area (Å²) in [6.07, 6.45) is 10.9. The van der Waals surface area contributed by atoms with Crippen molar-refractivity contribution in [2.75, 3.05) is 0 Å². The summed E-state index contributed by atoms with van der Waals surface area (Å²) in [6.45, 7) is 20.8. The summed E-state index contributed by atoms with van der Waals surface area (Å²) in [5.41, 5.74) is 0.235. The minimum Gasteiger partial charge on any atom is -0.462 e. The van der Waals surface area contributed by atoms with Crippen LogP contribution in [-0.2, 0) is 14.3 Å². The molecule has 0 aromatic rings. The molecular weight excluding hydrogens is 448 g/mol. The van der Waals surface area contributed by atoms with E-state index in [2.05, 4.69) is 55.4 Å². The average Bonchev–Trinajstić information content (AvgIpc) is 3.12. The van der Waals surface area contributed by atoms with Gasteiger partial charge in [-0.3, -0.25) is 4.79 Å². The Balaban J connectivity index is 1.48. The standard InChI is InChI=1S/C32H54O4/c1-20(33)35-25-13-16-29(6)23(28(25,4)5)12-18-30(7)24(29)19-22(34)26-21(11-17-31(26,30)8)32(9)15-10-14-27(2,3)36-32/h21-26,34H,10-19H2,1-9H3. The number of carbonyl (C=O) groups is 1. The van der Waals surface area contributed by atoms with Crippen LogP contribution < -0.4 is 0 Å². The molecule has 0 amide bonds. The summed E-state index contributed by atoms with van der Waals surface area (Å²) < 4.78 is 12.8. The first-order valence-corrected chi connectivity index (χ1v) is 15.1. The maximum absolute atomic E-state index is 12.0. The van der Waals surface area contributed by atoms with E-state index in [-0.39, 0.29) is 51.0 Å². The third-order valence-corrected chi connectivity index (χ3v) is 13.4. The zero-order valence-electron chi connectivity index (χ0n) is 24.7. The second-order valence-electron chi connectivity index (χ2n) is 15.9. The van der Waals surface area contributed by atoms with Gasteiger partial charge in [-0.1, -0.05) is 34.6 Å². The van der Waals surface area contributed by atoms with E-state index in [1.807, 2.05) is 0 Å². The van der Waals surface area contributed by atoms with Crippen molar-refractivity contribution in [3.8, 4) is 0 Å². The summed E-state index contributed by atoms with van der Waals surface area (Å²) in [5, 5.41) is 12.0. The van der Waals surface area contributed by atoms with E-state index < -0.39 is 0 Å². The number of aliphatic hydroxyl groups excluding tert-OH is 1. The molecule has 5 fully saturated rings. The molecule has 4 heteroatoms. The molecule has 1 heterocycles. The second kappa shape index (κ2) is 8.20. The van der Waals surface area contributed by atoms with Gasteiger partial charge in [0, 0.05) is 12.3 Å². The molecule has 0 bridgehead atoms. The van der Waals surface area contributed by atoms with Crippen LogP contribution in [-0.4, -0.2) is 34.5 Å². The molecule has 4 aliphatic carbocycles. The monoisotopic (exact) mass is 502 g/mol. The molecule has 206 valence electrons. The smallest absolute Gasteiger partial charge is 0.302 e. The van der Waals surface area contributed by atoms with E-state index in [0.717, 1.165) is 32.1 Å². The van der Waals surface area contributed by atoms with Crippen molar-refractivity contribution in [3.05, 3.63) is 0 Å². The quantitative estimate of drug-likeness (QED) is 0.402. The van der Waals surface area contributed by atoms with Gasteiger partial charge in [0.05, 0.1) is 17.3 Å². The highest BCUT2D eigenvalue weighted by atomic mass is 16.5. The predicted molar refractivity (Wildman–Crippen MR) is 143 cm³/mol. The van der Waals surface area contributed by atoms with Crippen LogP contribution in [0, 0.1) is 45.3 Å². The molecule has 0 spiro atoms. The minimum atomic E-state index is -0.268. The Bertz CT molecular complexity index is 895. The summed E-state index contributed by atoms with van der Waals surface area (Å²) >= 11 is 0. The van der Waals surface area contributed by atoms with E-state index in [0.29, 0.717) is 23.7 Å². The van der Waals surface area contributed by atoms with Crippen LogP contribution in [0.15, 0.2) is 0 Å². The SMILES string of the molecule is CC(=O)OC1CCC2(C)C(CCC3(C)C2CC(O)C2C(C4(C)CCCC(C)(C)O4)CCC23C)C1(C)C. The van der Waals surface area contributed by atoms with Gasteiger partial charge >= 0.3 is 5.97 Å². The fourth-order valence-electron chi connectivity index (χ4n) is 11.7. The van der Waals surface area contributed by atoms with Crippen molar-refractivity contribution in [1.82, 2.24) is 0 Å². The first kappa shape index (κ1) is 27.0. The van der Waals surface area contributed by atoms with Crippen molar-refractivity contribution >= 4 is 5.97 Å². The van der Waals surface area contributed by atoms with E-state index in [1.165, 1.54) is 32.1 Å². The molecule has 1 saturated heterocycles. The molecule has 4 saturated carbocycles. The fourth-order valence-corrected chi connectivity index (χ4v) is 11.7. The summed E-state index contributed by atoms with van der Waals surface area (Å²) in [4.78, 5) is 11.9. The van der Waals surface area contributed by atoms with Gasteiger partial charge in [0.1, 0.15) is 6.10 Å². The first-order chi connectivity index (χ1) is 16.5. The predicted octanol–water partition coefficient (Wildman–Crippen LogP) is 7.31. The lowest BCUT2D eigenvalue weighted by atomic mass is 9.35. The van der Waals surface area contributed by atoms with Gasteiger partial charge < -0.3 is 14.6 Å². The summed E-state index contributed by atoms with van der Waals surface area (Å²) in [5.74, 6) is 1.58. The lowest BCUT2D eigenvalue weighted by molar-refractivity contribution is -0.258. The fraction of sp³-hybridized carbons (Fsp3) is 0.969. The Morgan fingerprint density at radius 3 is 2.14 bits per heavy atom. The number of fused-ring (bicyclic) bond motifs is 5. The van der Waals surface area contributed by atoms with Gasteiger partial charge in [-0.25, -0.2) is 0 Å². The lowest BCUT2D eigenvalue weighted by Gasteiger charge is -2.70. The third-order valence-electron chi connectivity index (χ3n) is 13.4. The molecule has 10 unspecified atom stereocenters. The minimum absolute atomic E-state index is 0.00287. The number of ether oxygens (including phenoxy) is 2. The van der Waals surface area contributed by atoms with Gasteiger partial charge in [-0.2, -0.15) is 0 Å². The highest BCUT2D eigenvalue weighted by Gasteiger charge is 2.72. The summed E-state index contributed by atoms with van der Waals surface area (Å²) in [7, 11) is 0. The Hall–Kier alpha value is -0.610. The number of aliphatic hydroxyl groups is 1. The number of hydrogen-bond acceptors (Lipinski definition) is 4. The topological polar surface area (TPSA) is 55.8 Å². The highest BCUT2D eigenvalue weighted by molar-refractivity contribution is 5.66. The largest absolute Gasteiger partial charge is 0.462 e. The Morgan fingerprint density at radius 1 is 0.833 bits per heavy atom. The average molecular weight is 503 g/mol. The van der Waals surface area contributed by atoms with Crippen molar-refractivity contribution in [2.24, 2.45) is 45.3 Å². The van der Waals surface area contributed by atoms with E-state index in [9.17, 15) is 9.90 Å². The zero-order chi connectivity index (χ0) is 26.5. The van der Waals surface area contributed by atoms with Crippen LogP contribution in [0.25, 0.3) is 0 Å². The third kappa shape index (κ3) is 3.62. The first-order valence-electron chi connectivity index (χ1n) is 15.1. The van der Waals surface area contributed by atoms with Gasteiger partial charge in [0.2, 0.25) is 0 Å². The molecular formula is C32H54O4. The Morgan fingerprint density at radius 2 is 1.50 bits per heavy atom. The van der Waals surface area contributed by atoms with Crippen molar-refractivity contribution in [2.45, 2.75) is 150 Å². The van der Waals surface area contributed by atoms with Crippen LogP contribution in [0.1, 0.15) is 127 Å². The molecule has 10 atom stereocenters. The molecule has 0 aromatic carbocycles. The van der Waals surface area contributed by atoms with Crippen molar-refractivity contribution < 1.29 is 19.4 Å². The molecule has 4 nitrogen and oxygen atoms in total. The number of carbonyl (C=O) groups excluding carboxylic acids is 1. The number of rotatable bonds is 2. The van der Waals surface area contributed by atoms with Crippen molar-refractivity contribution in [1.29, 1.82) is 0 Å². The molecule has 5 rings (SSSR count). The van der Waals surface area contributed by atoms with Gasteiger partial charge in [0.15, 0.2) is 0 Å². The van der Waals surface area contributed by atoms with E-state index >= 15 is 0 Å². The van der Waals surface area contributed by atoms with Crippen LogP contribution in [0.4, 0.5) is 0 Å². The molecule has 0 radical (unpaired) electrons. The molecule has 1 N–H and O–H groups in total. The Labute approximate surface area is 220 Å². The van der Waals surface area contributed by atoms with Crippen molar-refractivity contribution in [3.63, 3.8) is 0 Å². The van der Waals surface area contributed by atoms with Crippen LogP contribution in [0.5, 0.6) is 0 Å². The molecule has 0 aromatic heterocycles. The molecule has 5 aliphatic rings. The normalized spacial score (nSPS) is 53.6. The highest BCUT2D eigenvalue weighted by Crippen LogP contribution is 2.76. The lowest BCUT2D eigenvalue weighted by Crippen LogP contribution is -2.67. The van der Waals surface area contributed by atoms with Crippen LogP contribution in [0.3, 0.4) is 0 Å². The second-order valence-corrected chi connectivity index (χ2v) is 15.9. The van der Waals surface area contributed by atoms with E-state index in [1.54, 1.807) is 6.92 Å². The maximum Gasteiger partial charge on any atom is 0.302 e. The van der Waals surface area contributed by atoms with Gasteiger partial charge in [0.25, 0.3) is 0 Å². The van der Waals surface area contributed by atoms with Crippen LogP contribution >= 0.6 is 0 Å². The summed E-state index contributed by atoms with van der Waals surface area (Å²) in [6, 6.07) is 0. The zero-order valence-corrected chi connectivity index (χ0v) is 24.7. The number of hydrogen-bond donors (Lipinski definition) is 1. The molecule has 1 aliphatic heterocycles. The van der Waals surface area contributed by atoms with Gasteiger partial charge in [-0.05, 0) is 125 Å². The maximum atomic E-state index is 12.0. The van der Waals surface area contributed by atoms with Crippen LogP contribution in [0.2, 0.25) is 0 Å².